The average molecular weight is 346 g/mol. The van der Waals surface area contributed by atoms with Crippen LogP contribution in [-0.4, -0.2) is 25.2 Å². The molecule has 0 saturated carbocycles. The zero-order chi connectivity index (χ0) is 17.7. The van der Waals surface area contributed by atoms with E-state index < -0.39 is 0 Å². The van der Waals surface area contributed by atoms with Crippen LogP contribution < -0.4 is 16.0 Å². The maximum absolute atomic E-state index is 11.9. The number of amides is 2. The lowest BCUT2D eigenvalue weighted by Crippen LogP contribution is -2.39. The first kappa shape index (κ1) is 19.8. The van der Waals surface area contributed by atoms with Crippen LogP contribution >= 0.6 is 0 Å². The van der Waals surface area contributed by atoms with Crippen molar-refractivity contribution in [3.63, 3.8) is 0 Å². The monoisotopic (exact) mass is 345 g/mol. The van der Waals surface area contributed by atoms with E-state index in [1.54, 1.807) is 0 Å². The molecule has 2 rings (SSSR count). The van der Waals surface area contributed by atoms with Crippen LogP contribution in [-0.2, 0) is 6.42 Å². The second-order valence-electron chi connectivity index (χ2n) is 7.21. The van der Waals surface area contributed by atoms with E-state index >= 15 is 0 Å². The lowest BCUT2D eigenvalue weighted by atomic mass is 10.0. The number of benzene rings is 1. The lowest BCUT2D eigenvalue weighted by Gasteiger charge is -2.12. The molecule has 4 heteroatoms. The van der Waals surface area contributed by atoms with Gasteiger partial charge in [0.05, 0.1) is 0 Å². The van der Waals surface area contributed by atoms with Gasteiger partial charge in [-0.05, 0) is 43.5 Å². The number of hydrogen-bond acceptors (Lipinski definition) is 2. The minimum absolute atomic E-state index is 0.107. The van der Waals surface area contributed by atoms with Crippen LogP contribution in [0.25, 0.3) is 0 Å². The summed E-state index contributed by atoms with van der Waals surface area (Å²) in [6.45, 7) is 4.11. The van der Waals surface area contributed by atoms with E-state index in [0.717, 1.165) is 31.6 Å². The zero-order valence-electron chi connectivity index (χ0n) is 15.8. The Morgan fingerprint density at radius 1 is 1.04 bits per heavy atom. The van der Waals surface area contributed by atoms with E-state index in [0.29, 0.717) is 0 Å². The summed E-state index contributed by atoms with van der Waals surface area (Å²) >= 11 is 0. The van der Waals surface area contributed by atoms with E-state index in [2.05, 4.69) is 35.0 Å². The highest BCUT2D eigenvalue weighted by atomic mass is 16.2. The fourth-order valence-electron chi connectivity index (χ4n) is 3.35. The van der Waals surface area contributed by atoms with E-state index in [1.807, 2.05) is 12.1 Å². The first-order valence-electron chi connectivity index (χ1n) is 10.1. The quantitative estimate of drug-likeness (QED) is 0.502. The van der Waals surface area contributed by atoms with Gasteiger partial charge in [0.2, 0.25) is 0 Å². The van der Waals surface area contributed by atoms with E-state index in [-0.39, 0.29) is 12.1 Å². The third-order valence-corrected chi connectivity index (χ3v) is 4.93. The van der Waals surface area contributed by atoms with Gasteiger partial charge in [0.25, 0.3) is 0 Å². The second-order valence-corrected chi connectivity index (χ2v) is 7.21. The molecule has 0 unspecified atom stereocenters. The van der Waals surface area contributed by atoms with Gasteiger partial charge in [-0.25, -0.2) is 4.79 Å². The van der Waals surface area contributed by atoms with Gasteiger partial charge in [-0.2, -0.15) is 0 Å². The van der Waals surface area contributed by atoms with Crippen LogP contribution in [0.5, 0.6) is 0 Å². The first-order valence-corrected chi connectivity index (χ1v) is 10.1. The minimum atomic E-state index is -0.107. The molecule has 3 N–H and O–H groups in total. The molecule has 1 aromatic carbocycles. The molecule has 1 aliphatic heterocycles. The van der Waals surface area contributed by atoms with E-state index in [4.69, 9.17) is 0 Å². The normalized spacial score (nSPS) is 16.8. The molecule has 140 valence electrons. The third-order valence-electron chi connectivity index (χ3n) is 4.93. The maximum Gasteiger partial charge on any atom is 0.319 e. The molecular formula is C21H35N3O. The highest BCUT2D eigenvalue weighted by Gasteiger charge is 2.16. The Morgan fingerprint density at radius 3 is 2.36 bits per heavy atom. The van der Waals surface area contributed by atoms with Crippen LogP contribution in [0.1, 0.15) is 70.3 Å². The van der Waals surface area contributed by atoms with Crippen molar-refractivity contribution in [2.45, 2.75) is 77.2 Å². The molecule has 2 amide bonds. The molecule has 1 fully saturated rings. The summed E-state index contributed by atoms with van der Waals surface area (Å²) in [6, 6.07) is 8.42. The lowest BCUT2D eigenvalue weighted by molar-refractivity contribution is 0.249. The van der Waals surface area contributed by atoms with Crippen molar-refractivity contribution in [1.29, 1.82) is 0 Å². The standard InChI is InChI=1S/C21H35N3O/c1-2-3-4-5-6-7-8-9-10-18-11-13-19(14-12-18)23-21(25)24-20-15-16-22-17-20/h11-14,20,22H,2-10,15-17H2,1H3,(H2,23,24,25)/t20-/m1/s1. The van der Waals surface area contributed by atoms with Gasteiger partial charge in [-0.3, -0.25) is 0 Å². The third kappa shape index (κ3) is 8.39. The molecule has 1 heterocycles. The summed E-state index contributed by atoms with van der Waals surface area (Å²) in [5.74, 6) is 0. The Hall–Kier alpha value is -1.55. The topological polar surface area (TPSA) is 53.2 Å². The molecule has 1 aromatic rings. The van der Waals surface area contributed by atoms with Crippen molar-refractivity contribution in [2.24, 2.45) is 0 Å². The SMILES string of the molecule is CCCCCCCCCCc1ccc(NC(=O)N[C@@H]2CCNC2)cc1. The van der Waals surface area contributed by atoms with Gasteiger partial charge in [0.15, 0.2) is 0 Å². The smallest absolute Gasteiger partial charge is 0.319 e. The van der Waals surface area contributed by atoms with Crippen LogP contribution in [0.3, 0.4) is 0 Å². The highest BCUT2D eigenvalue weighted by Crippen LogP contribution is 2.14. The van der Waals surface area contributed by atoms with Crippen molar-refractivity contribution in [3.05, 3.63) is 29.8 Å². The van der Waals surface area contributed by atoms with Crippen molar-refractivity contribution >= 4 is 11.7 Å². The second kappa shape index (κ2) is 11.9. The molecule has 1 saturated heterocycles. The van der Waals surface area contributed by atoms with Crippen LogP contribution in [0.4, 0.5) is 10.5 Å². The fourth-order valence-corrected chi connectivity index (χ4v) is 3.35. The largest absolute Gasteiger partial charge is 0.334 e. The number of rotatable bonds is 11. The summed E-state index contributed by atoms with van der Waals surface area (Å²) in [7, 11) is 0. The van der Waals surface area contributed by atoms with Crippen LogP contribution in [0.15, 0.2) is 24.3 Å². The van der Waals surface area contributed by atoms with Crippen molar-refractivity contribution in [2.75, 3.05) is 18.4 Å². The number of carbonyl (C=O) groups is 1. The fraction of sp³-hybridized carbons (Fsp3) is 0.667. The predicted octanol–water partition coefficient (Wildman–Crippen LogP) is 4.85. The van der Waals surface area contributed by atoms with Crippen LogP contribution in [0, 0.1) is 0 Å². The Bertz CT molecular complexity index is 480. The predicted molar refractivity (Wildman–Crippen MR) is 106 cm³/mol. The van der Waals surface area contributed by atoms with Crippen LogP contribution in [0.2, 0.25) is 0 Å². The Labute approximate surface area is 153 Å². The molecule has 0 bridgehead atoms. The van der Waals surface area contributed by atoms with E-state index in [9.17, 15) is 4.79 Å². The molecule has 0 spiro atoms. The van der Waals surface area contributed by atoms with Crippen molar-refractivity contribution < 1.29 is 4.79 Å². The molecule has 0 aliphatic carbocycles. The van der Waals surface area contributed by atoms with E-state index in [1.165, 1.54) is 56.9 Å². The summed E-state index contributed by atoms with van der Waals surface area (Å²) in [5, 5.41) is 9.16. The number of urea groups is 1. The molecule has 1 aliphatic rings. The highest BCUT2D eigenvalue weighted by molar-refractivity contribution is 5.89. The number of unbranched alkanes of at least 4 members (excludes halogenated alkanes) is 7. The average Bonchev–Trinajstić information content (AvgIpc) is 3.11. The summed E-state index contributed by atoms with van der Waals surface area (Å²) in [6.07, 6.45) is 13.0. The van der Waals surface area contributed by atoms with Crippen molar-refractivity contribution in [3.8, 4) is 0 Å². The van der Waals surface area contributed by atoms with Gasteiger partial charge in [-0.15, -0.1) is 0 Å². The molecule has 1 atom stereocenters. The number of anilines is 1. The number of hydrogen-bond donors (Lipinski definition) is 3. The summed E-state index contributed by atoms with van der Waals surface area (Å²) in [5.41, 5.74) is 2.22. The van der Waals surface area contributed by atoms with Gasteiger partial charge in [0.1, 0.15) is 0 Å². The van der Waals surface area contributed by atoms with Crippen molar-refractivity contribution in [1.82, 2.24) is 10.6 Å². The summed E-state index contributed by atoms with van der Waals surface area (Å²) in [4.78, 5) is 11.9. The first-order chi connectivity index (χ1) is 12.3. The number of aryl methyl sites for hydroxylation is 1. The minimum Gasteiger partial charge on any atom is -0.334 e. The molecule has 25 heavy (non-hydrogen) atoms. The Morgan fingerprint density at radius 2 is 1.72 bits per heavy atom. The Kier molecular flexibility index (Phi) is 9.42. The number of nitrogens with one attached hydrogen (secondary N) is 3. The van der Waals surface area contributed by atoms with Gasteiger partial charge in [0, 0.05) is 18.3 Å². The van der Waals surface area contributed by atoms with Gasteiger partial charge < -0.3 is 16.0 Å². The zero-order valence-corrected chi connectivity index (χ0v) is 15.8. The Balaban J connectivity index is 1.57. The van der Waals surface area contributed by atoms with Gasteiger partial charge >= 0.3 is 6.03 Å². The molecular weight excluding hydrogens is 310 g/mol. The summed E-state index contributed by atoms with van der Waals surface area (Å²) < 4.78 is 0. The maximum atomic E-state index is 11.9. The number of carbonyl (C=O) groups excluding carboxylic acids is 1. The van der Waals surface area contributed by atoms with Gasteiger partial charge in [-0.1, -0.05) is 64.0 Å². The molecule has 0 aromatic heterocycles. The molecule has 4 nitrogen and oxygen atoms in total. The molecule has 0 radical (unpaired) electrons.